The number of aromatic nitrogens is 4. The summed E-state index contributed by atoms with van der Waals surface area (Å²) in [6.07, 6.45) is 5.85. The highest BCUT2D eigenvalue weighted by Gasteiger charge is 2.11. The van der Waals surface area contributed by atoms with Gasteiger partial charge in [-0.2, -0.15) is 0 Å². The quantitative estimate of drug-likeness (QED) is 0.201. The van der Waals surface area contributed by atoms with Crippen LogP contribution in [0.4, 0.5) is 11.4 Å². The largest absolute Gasteiger partial charge is 0.464 e. The fourth-order valence-corrected chi connectivity index (χ4v) is 2.97. The number of rotatable bonds is 3. The second-order valence-electron chi connectivity index (χ2n) is 6.28. The van der Waals surface area contributed by atoms with Gasteiger partial charge in [-0.3, -0.25) is 0 Å². The van der Waals surface area contributed by atoms with Crippen LogP contribution in [0.1, 0.15) is 21.0 Å². The second kappa shape index (κ2) is 13.9. The van der Waals surface area contributed by atoms with Crippen molar-refractivity contribution in [1.29, 1.82) is 0 Å². The average molecular weight is 582 g/mol. The highest BCUT2D eigenvalue weighted by atomic mass is 127. The normalized spacial score (nSPS) is 9.17. The van der Waals surface area contributed by atoms with Crippen molar-refractivity contribution in [2.45, 2.75) is 0 Å². The Labute approximate surface area is 215 Å². The predicted octanol–water partition coefficient (Wildman–Crippen LogP) is 5.25. The third-order valence-electron chi connectivity index (χ3n) is 4.13. The molecule has 10 nitrogen and oxygen atoms in total. The van der Waals surface area contributed by atoms with Crippen molar-refractivity contribution in [2.75, 3.05) is 14.2 Å². The Morgan fingerprint density at radius 3 is 2.14 bits per heavy atom. The summed E-state index contributed by atoms with van der Waals surface area (Å²) in [5.41, 5.74) is 2.51. The van der Waals surface area contributed by atoms with Gasteiger partial charge in [0.05, 0.1) is 51.9 Å². The van der Waals surface area contributed by atoms with Crippen molar-refractivity contribution in [3.8, 4) is 5.69 Å². The Kier molecular flexibility index (Phi) is 10.6. The summed E-state index contributed by atoms with van der Waals surface area (Å²) in [6, 6.07) is 14.6. The van der Waals surface area contributed by atoms with E-state index in [1.54, 1.807) is 22.8 Å². The van der Waals surface area contributed by atoms with Gasteiger partial charge >= 0.3 is 11.9 Å². The molecule has 2 heterocycles. The summed E-state index contributed by atoms with van der Waals surface area (Å²) in [6.45, 7) is 13.8. The number of nitrogens with zero attached hydrogens (tertiary/aromatic N) is 5. The van der Waals surface area contributed by atoms with Crippen LogP contribution in [0, 0.1) is 16.7 Å². The molecule has 0 radical (unpaired) electrons. The first-order valence-electron chi connectivity index (χ1n) is 9.73. The molecule has 0 aliphatic carbocycles. The molecule has 0 aliphatic rings. The lowest BCUT2D eigenvalue weighted by molar-refractivity contribution is 0.0586. The third-order valence-corrected chi connectivity index (χ3v) is 5.05. The number of H-pyrrole nitrogens is 1. The van der Waals surface area contributed by atoms with Crippen molar-refractivity contribution in [1.82, 2.24) is 19.5 Å². The van der Waals surface area contributed by atoms with E-state index in [1.165, 1.54) is 39.3 Å². The molecule has 2 aromatic carbocycles. The van der Waals surface area contributed by atoms with Gasteiger partial charge in [-0.1, -0.05) is 65.1 Å². The first-order valence-corrected chi connectivity index (χ1v) is 10.8. The number of carbonyl (C=O) groups is 2. The van der Waals surface area contributed by atoms with Gasteiger partial charge in [0.25, 0.3) is 0 Å². The van der Waals surface area contributed by atoms with Gasteiger partial charge in [-0.15, -0.1) is 0 Å². The molecule has 0 saturated carbocycles. The van der Waals surface area contributed by atoms with Gasteiger partial charge in [0.2, 0.25) is 5.69 Å². The second-order valence-corrected chi connectivity index (χ2v) is 7.44. The lowest BCUT2D eigenvalue weighted by Crippen LogP contribution is -2.01. The Hall–Kier alpha value is -4.49. The number of imidazole rings is 2. The minimum Gasteiger partial charge on any atom is -0.464 e. The van der Waals surface area contributed by atoms with Crippen molar-refractivity contribution < 1.29 is 19.1 Å². The van der Waals surface area contributed by atoms with E-state index in [1.807, 2.05) is 30.3 Å². The molecule has 0 amide bonds. The molecule has 0 saturated heterocycles. The fourth-order valence-electron chi connectivity index (χ4n) is 2.46. The first kappa shape index (κ1) is 26.8. The highest BCUT2D eigenvalue weighted by molar-refractivity contribution is 14.1. The molecule has 2 aromatic heterocycles. The van der Waals surface area contributed by atoms with Crippen LogP contribution in [0.15, 0.2) is 73.6 Å². The molecule has 0 bridgehead atoms. The molecule has 176 valence electrons. The number of nitrogens with one attached hydrogen (secondary N) is 1. The summed E-state index contributed by atoms with van der Waals surface area (Å²) in [5, 5.41) is 0. The Morgan fingerprint density at radius 1 is 0.971 bits per heavy atom. The maximum absolute atomic E-state index is 11.3. The van der Waals surface area contributed by atoms with Crippen molar-refractivity contribution in [3.05, 3.63) is 111 Å². The third kappa shape index (κ3) is 7.80. The summed E-state index contributed by atoms with van der Waals surface area (Å²) in [4.78, 5) is 38.7. The molecule has 0 unspecified atom stereocenters. The van der Waals surface area contributed by atoms with E-state index < -0.39 is 11.9 Å². The molecule has 1 N–H and O–H groups in total. The molecular weight excluding hydrogens is 563 g/mol. The number of methoxy groups -OCH3 is 2. The Morgan fingerprint density at radius 2 is 1.60 bits per heavy atom. The molecule has 4 rings (SSSR count). The van der Waals surface area contributed by atoms with Gasteiger partial charge < -0.3 is 19.0 Å². The predicted molar refractivity (Wildman–Crippen MR) is 137 cm³/mol. The SMILES string of the molecule is COC(=O)c1cnc[nH]1.[C-]#[N+]c1ccccc1-n1cnc(C(=O)OC)c1.[C-]#[N+]c1ccccc1I. The van der Waals surface area contributed by atoms with Gasteiger partial charge in [-0.05, 0) is 6.07 Å². The van der Waals surface area contributed by atoms with E-state index >= 15 is 0 Å². The van der Waals surface area contributed by atoms with E-state index in [0.29, 0.717) is 17.1 Å². The standard InChI is InChI=1S/C12H9N3O2.C7H4IN.C5H6N2O2/c1-13-9-5-3-4-6-11(9)15-7-10(14-8-15)12(16)17-2;1-9-7-5-3-2-4-6(7)8;1-9-5(8)4-2-6-3-7-4/h3-8H,2H3;2-5H;2-3H,1H3,(H,6,7). The van der Waals surface area contributed by atoms with Crippen LogP contribution in [0.3, 0.4) is 0 Å². The number of esters is 2. The number of halogens is 1. The van der Waals surface area contributed by atoms with Crippen LogP contribution in [0.5, 0.6) is 0 Å². The van der Waals surface area contributed by atoms with Crippen LogP contribution < -0.4 is 0 Å². The number of ether oxygens (including phenoxy) is 2. The molecule has 0 atom stereocenters. The fraction of sp³-hybridized carbons (Fsp3) is 0.0833. The molecular formula is C24H19IN6O4. The van der Waals surface area contributed by atoms with Crippen LogP contribution in [0.25, 0.3) is 15.4 Å². The number of carbonyl (C=O) groups excluding carboxylic acids is 2. The number of hydrogen-bond acceptors (Lipinski definition) is 6. The van der Waals surface area contributed by atoms with Crippen LogP contribution >= 0.6 is 22.6 Å². The molecule has 35 heavy (non-hydrogen) atoms. The topological polar surface area (TPSA) is 108 Å². The van der Waals surface area contributed by atoms with Crippen molar-refractivity contribution in [3.63, 3.8) is 0 Å². The van der Waals surface area contributed by atoms with Gasteiger partial charge in [-0.25, -0.2) is 29.2 Å². The van der Waals surface area contributed by atoms with E-state index in [9.17, 15) is 9.59 Å². The number of aromatic amines is 1. The number of benzene rings is 2. The minimum absolute atomic E-state index is 0.215. The maximum Gasteiger partial charge on any atom is 0.358 e. The van der Waals surface area contributed by atoms with Crippen LogP contribution in [-0.4, -0.2) is 45.7 Å². The lowest BCUT2D eigenvalue weighted by Gasteiger charge is -2.03. The Balaban J connectivity index is 0.000000203. The van der Waals surface area contributed by atoms with Crippen molar-refractivity contribution >= 4 is 45.9 Å². The molecule has 11 heteroatoms. The van der Waals surface area contributed by atoms with E-state index in [-0.39, 0.29) is 5.69 Å². The number of para-hydroxylation sites is 3. The zero-order valence-electron chi connectivity index (χ0n) is 18.7. The summed E-state index contributed by atoms with van der Waals surface area (Å²) < 4.78 is 11.6. The van der Waals surface area contributed by atoms with Gasteiger partial charge in [0, 0.05) is 9.77 Å². The smallest absolute Gasteiger partial charge is 0.358 e. The summed E-state index contributed by atoms with van der Waals surface area (Å²) in [7, 11) is 2.62. The van der Waals surface area contributed by atoms with Gasteiger partial charge in [0.15, 0.2) is 11.4 Å². The summed E-state index contributed by atoms with van der Waals surface area (Å²) in [5.74, 6) is -0.892. The minimum atomic E-state index is -0.496. The highest BCUT2D eigenvalue weighted by Crippen LogP contribution is 2.23. The number of hydrogen-bond donors (Lipinski definition) is 1. The van der Waals surface area contributed by atoms with Crippen LogP contribution in [-0.2, 0) is 9.47 Å². The van der Waals surface area contributed by atoms with Gasteiger partial charge in [0.1, 0.15) is 5.69 Å². The van der Waals surface area contributed by atoms with E-state index in [0.717, 1.165) is 9.26 Å². The maximum atomic E-state index is 11.3. The monoisotopic (exact) mass is 582 g/mol. The van der Waals surface area contributed by atoms with E-state index in [2.05, 4.69) is 56.7 Å². The lowest BCUT2D eigenvalue weighted by atomic mass is 10.2. The average Bonchev–Trinajstić information content (AvgIpc) is 3.62. The van der Waals surface area contributed by atoms with Crippen molar-refractivity contribution in [2.24, 2.45) is 0 Å². The van der Waals surface area contributed by atoms with E-state index in [4.69, 9.17) is 13.1 Å². The first-order chi connectivity index (χ1) is 16.9. The molecule has 0 fully saturated rings. The molecule has 0 spiro atoms. The summed E-state index contributed by atoms with van der Waals surface area (Å²) >= 11 is 2.15. The molecule has 4 aromatic rings. The zero-order chi connectivity index (χ0) is 25.6. The Bertz CT molecular complexity index is 1350. The zero-order valence-corrected chi connectivity index (χ0v) is 20.8. The van der Waals surface area contributed by atoms with Crippen LogP contribution in [0.2, 0.25) is 0 Å². The molecule has 0 aliphatic heterocycles.